The molecule has 0 aliphatic carbocycles. The minimum Gasteiger partial charge on any atom is -0.497 e. The van der Waals surface area contributed by atoms with Crippen LogP contribution in [0.3, 0.4) is 0 Å². The summed E-state index contributed by atoms with van der Waals surface area (Å²) in [5.74, 6) is 2.48. The first kappa shape index (κ1) is 14.5. The van der Waals surface area contributed by atoms with Crippen molar-refractivity contribution in [3.8, 4) is 5.75 Å². The minimum atomic E-state index is 0.255. The summed E-state index contributed by atoms with van der Waals surface area (Å²) in [6.45, 7) is 2.77. The molecule has 1 unspecified atom stereocenters. The highest BCUT2D eigenvalue weighted by Crippen LogP contribution is 2.20. The second-order valence-electron chi connectivity index (χ2n) is 4.91. The lowest BCUT2D eigenvalue weighted by Crippen LogP contribution is -2.02. The molecule has 20 heavy (non-hydrogen) atoms. The zero-order valence-electron chi connectivity index (χ0n) is 12.0. The van der Waals surface area contributed by atoms with Gasteiger partial charge in [0.05, 0.1) is 7.11 Å². The maximum Gasteiger partial charge on any atom is 0.229 e. The molecule has 5 nitrogen and oxygen atoms in total. The van der Waals surface area contributed by atoms with Crippen molar-refractivity contribution in [2.24, 2.45) is 5.73 Å². The Bertz CT molecular complexity index is 539. The van der Waals surface area contributed by atoms with Crippen LogP contribution in [0.15, 0.2) is 28.8 Å². The van der Waals surface area contributed by atoms with E-state index in [9.17, 15) is 0 Å². The van der Waals surface area contributed by atoms with Gasteiger partial charge in [-0.3, -0.25) is 0 Å². The summed E-state index contributed by atoms with van der Waals surface area (Å²) in [5.41, 5.74) is 6.61. The number of ether oxygens (including phenoxy) is 1. The van der Waals surface area contributed by atoms with E-state index in [1.54, 1.807) is 7.11 Å². The number of hydrogen-bond acceptors (Lipinski definition) is 5. The zero-order valence-corrected chi connectivity index (χ0v) is 12.0. The quantitative estimate of drug-likeness (QED) is 0.840. The van der Waals surface area contributed by atoms with Crippen LogP contribution in [0.2, 0.25) is 0 Å². The lowest BCUT2D eigenvalue weighted by molar-refractivity contribution is 0.348. The number of methoxy groups -OCH3 is 1. The standard InChI is InChI=1S/C15H21N3O2/c1-11(5-4-8-16)15-17-14(18-20-15)10-12-6-3-7-13(9-12)19-2/h3,6-7,9,11H,4-5,8,10,16H2,1-2H3. The van der Waals surface area contributed by atoms with E-state index in [4.69, 9.17) is 15.0 Å². The molecule has 5 heteroatoms. The molecule has 2 rings (SSSR count). The van der Waals surface area contributed by atoms with Gasteiger partial charge in [0.15, 0.2) is 5.82 Å². The van der Waals surface area contributed by atoms with Crippen LogP contribution in [0, 0.1) is 0 Å². The number of benzene rings is 1. The molecule has 1 heterocycles. The smallest absolute Gasteiger partial charge is 0.229 e. The fraction of sp³-hybridized carbons (Fsp3) is 0.467. The van der Waals surface area contributed by atoms with Crippen LogP contribution in [0.1, 0.15) is 43.0 Å². The molecule has 0 saturated heterocycles. The Morgan fingerprint density at radius 3 is 3.00 bits per heavy atom. The molecule has 2 N–H and O–H groups in total. The molecule has 2 aromatic rings. The van der Waals surface area contributed by atoms with E-state index < -0.39 is 0 Å². The first-order valence-corrected chi connectivity index (χ1v) is 6.88. The number of nitrogens with zero attached hydrogens (tertiary/aromatic N) is 2. The van der Waals surface area contributed by atoms with Crippen LogP contribution in [-0.4, -0.2) is 23.8 Å². The van der Waals surface area contributed by atoms with Gasteiger partial charge in [-0.05, 0) is 37.1 Å². The van der Waals surface area contributed by atoms with Gasteiger partial charge in [-0.1, -0.05) is 24.2 Å². The van der Waals surface area contributed by atoms with Crippen LogP contribution < -0.4 is 10.5 Å². The average molecular weight is 275 g/mol. The molecule has 0 aliphatic heterocycles. The Balaban J connectivity index is 2.01. The van der Waals surface area contributed by atoms with Gasteiger partial charge >= 0.3 is 0 Å². The maximum atomic E-state index is 5.51. The molecule has 1 atom stereocenters. The number of aromatic nitrogens is 2. The lowest BCUT2D eigenvalue weighted by atomic mass is 10.1. The molecule has 1 aromatic carbocycles. The van der Waals surface area contributed by atoms with Crippen molar-refractivity contribution in [3.63, 3.8) is 0 Å². The molecule has 0 saturated carbocycles. The van der Waals surface area contributed by atoms with Crippen LogP contribution in [0.4, 0.5) is 0 Å². The third kappa shape index (κ3) is 3.81. The largest absolute Gasteiger partial charge is 0.497 e. The highest BCUT2D eigenvalue weighted by atomic mass is 16.5. The van der Waals surface area contributed by atoms with E-state index in [-0.39, 0.29) is 5.92 Å². The molecule has 0 spiro atoms. The minimum absolute atomic E-state index is 0.255. The Labute approximate surface area is 119 Å². The van der Waals surface area contributed by atoms with Crippen molar-refractivity contribution in [1.29, 1.82) is 0 Å². The monoisotopic (exact) mass is 275 g/mol. The van der Waals surface area contributed by atoms with Crippen LogP contribution in [-0.2, 0) is 6.42 Å². The second-order valence-corrected chi connectivity index (χ2v) is 4.91. The van der Waals surface area contributed by atoms with Crippen molar-refractivity contribution >= 4 is 0 Å². The first-order chi connectivity index (χ1) is 9.72. The Morgan fingerprint density at radius 1 is 1.40 bits per heavy atom. The first-order valence-electron chi connectivity index (χ1n) is 6.88. The number of nitrogens with two attached hydrogens (primary N) is 1. The SMILES string of the molecule is COc1cccc(Cc2noc(C(C)CCCN)n2)c1. The molecule has 0 radical (unpaired) electrons. The van der Waals surface area contributed by atoms with Gasteiger partial charge in [0, 0.05) is 12.3 Å². The molecule has 0 amide bonds. The van der Waals surface area contributed by atoms with Crippen LogP contribution in [0.25, 0.3) is 0 Å². The highest BCUT2D eigenvalue weighted by molar-refractivity contribution is 5.30. The summed E-state index contributed by atoms with van der Waals surface area (Å²) in [4.78, 5) is 4.45. The molecule has 108 valence electrons. The molecule has 0 fully saturated rings. The van der Waals surface area contributed by atoms with E-state index in [1.165, 1.54) is 0 Å². The molecular weight excluding hydrogens is 254 g/mol. The van der Waals surface area contributed by atoms with Crippen LogP contribution >= 0.6 is 0 Å². The fourth-order valence-electron chi connectivity index (χ4n) is 2.05. The predicted octanol–water partition coefficient (Wildman–Crippen LogP) is 2.51. The summed E-state index contributed by atoms with van der Waals surface area (Å²) < 4.78 is 10.5. The molecule has 0 aliphatic rings. The van der Waals surface area contributed by atoms with Gasteiger partial charge in [0.1, 0.15) is 5.75 Å². The highest BCUT2D eigenvalue weighted by Gasteiger charge is 2.14. The Kier molecular flexibility index (Phi) is 5.12. The summed E-state index contributed by atoms with van der Waals surface area (Å²) in [6.07, 6.45) is 2.58. The van der Waals surface area contributed by atoms with Gasteiger partial charge < -0.3 is 15.0 Å². The maximum absolute atomic E-state index is 5.51. The van der Waals surface area contributed by atoms with Crippen LogP contribution in [0.5, 0.6) is 5.75 Å². The van der Waals surface area contributed by atoms with Gasteiger partial charge in [0.2, 0.25) is 5.89 Å². The number of rotatable bonds is 7. The van der Waals surface area contributed by atoms with Gasteiger partial charge in [0.25, 0.3) is 0 Å². The summed E-state index contributed by atoms with van der Waals surface area (Å²) in [7, 11) is 1.66. The third-order valence-electron chi connectivity index (χ3n) is 3.24. The predicted molar refractivity (Wildman–Crippen MR) is 76.8 cm³/mol. The van der Waals surface area contributed by atoms with E-state index in [1.807, 2.05) is 24.3 Å². The van der Waals surface area contributed by atoms with Crippen molar-refractivity contribution < 1.29 is 9.26 Å². The van der Waals surface area contributed by atoms with Crippen molar-refractivity contribution in [2.75, 3.05) is 13.7 Å². The summed E-state index contributed by atoms with van der Waals surface area (Å²) in [5, 5.41) is 4.04. The molecular formula is C15H21N3O2. The Morgan fingerprint density at radius 2 is 2.25 bits per heavy atom. The topological polar surface area (TPSA) is 74.2 Å². The zero-order chi connectivity index (χ0) is 14.4. The van der Waals surface area contributed by atoms with Gasteiger partial charge in [-0.25, -0.2) is 0 Å². The van der Waals surface area contributed by atoms with Crippen molar-refractivity contribution in [1.82, 2.24) is 10.1 Å². The second kappa shape index (κ2) is 7.05. The molecule has 1 aromatic heterocycles. The Hall–Kier alpha value is -1.88. The lowest BCUT2D eigenvalue weighted by Gasteiger charge is -2.03. The van der Waals surface area contributed by atoms with E-state index in [0.29, 0.717) is 24.7 Å². The molecule has 0 bridgehead atoms. The summed E-state index contributed by atoms with van der Waals surface area (Å²) in [6, 6.07) is 7.88. The van der Waals surface area contributed by atoms with Crippen molar-refractivity contribution in [3.05, 3.63) is 41.5 Å². The van der Waals surface area contributed by atoms with Crippen molar-refractivity contribution in [2.45, 2.75) is 32.1 Å². The fourth-order valence-corrected chi connectivity index (χ4v) is 2.05. The van der Waals surface area contributed by atoms with E-state index in [2.05, 4.69) is 17.1 Å². The normalized spacial score (nSPS) is 12.3. The van der Waals surface area contributed by atoms with Gasteiger partial charge in [-0.15, -0.1) is 0 Å². The summed E-state index contributed by atoms with van der Waals surface area (Å²) >= 11 is 0. The third-order valence-corrected chi connectivity index (χ3v) is 3.24. The van der Waals surface area contributed by atoms with E-state index in [0.717, 1.165) is 24.2 Å². The average Bonchev–Trinajstić information content (AvgIpc) is 2.93. The van der Waals surface area contributed by atoms with Gasteiger partial charge in [-0.2, -0.15) is 4.98 Å². The number of hydrogen-bond donors (Lipinski definition) is 1. The van der Waals surface area contributed by atoms with E-state index >= 15 is 0 Å².